The first-order valence-corrected chi connectivity index (χ1v) is 9.70. The van der Waals surface area contributed by atoms with E-state index < -0.39 is 11.6 Å². The number of benzene rings is 1. The van der Waals surface area contributed by atoms with Gasteiger partial charge in [0.25, 0.3) is 0 Å². The molecule has 1 fully saturated rings. The summed E-state index contributed by atoms with van der Waals surface area (Å²) in [5.41, 5.74) is 8.99. The zero-order valence-electron chi connectivity index (χ0n) is 16.1. The molecule has 1 atom stereocenters. The molecule has 2 aromatic rings. The number of hydrogen-bond donors (Lipinski definition) is 3. The smallest absolute Gasteiger partial charge is 0.248 e. The average molecular weight is 378 g/mol. The van der Waals surface area contributed by atoms with Crippen molar-refractivity contribution < 1.29 is 4.79 Å². The zero-order chi connectivity index (χ0) is 20.1. The lowest BCUT2D eigenvalue weighted by Gasteiger charge is -2.32. The van der Waals surface area contributed by atoms with Gasteiger partial charge in [-0.1, -0.05) is 43.5 Å². The summed E-state index contributed by atoms with van der Waals surface area (Å²) in [5.74, 6) is -0.223. The van der Waals surface area contributed by atoms with Crippen LogP contribution in [0.5, 0.6) is 0 Å². The Labute approximate surface area is 164 Å². The normalized spacial score (nSPS) is 16.8. The first-order chi connectivity index (χ1) is 13.4. The molecular weight excluding hydrogens is 352 g/mol. The molecular formula is C22H26N4O2. The second kappa shape index (κ2) is 8.41. The highest BCUT2D eigenvalue weighted by molar-refractivity contribution is 5.86. The molecule has 1 unspecified atom stereocenters. The van der Waals surface area contributed by atoms with E-state index in [1.165, 1.54) is 6.07 Å². The number of carbonyl (C=O) groups is 1. The van der Waals surface area contributed by atoms with Crippen molar-refractivity contribution in [2.45, 2.75) is 57.0 Å². The van der Waals surface area contributed by atoms with E-state index >= 15 is 0 Å². The number of H-pyrrole nitrogens is 1. The monoisotopic (exact) mass is 378 g/mol. The van der Waals surface area contributed by atoms with E-state index in [-0.39, 0.29) is 11.5 Å². The van der Waals surface area contributed by atoms with Crippen molar-refractivity contribution >= 4 is 5.91 Å². The number of aromatic nitrogens is 1. The Morgan fingerprint density at radius 1 is 1.21 bits per heavy atom. The van der Waals surface area contributed by atoms with Crippen LogP contribution in [0.15, 0.2) is 41.2 Å². The van der Waals surface area contributed by atoms with E-state index in [1.807, 2.05) is 31.2 Å². The Bertz CT molecular complexity index is 934. The van der Waals surface area contributed by atoms with Gasteiger partial charge < -0.3 is 16.0 Å². The molecule has 0 saturated heterocycles. The third kappa shape index (κ3) is 4.49. The van der Waals surface area contributed by atoms with Crippen LogP contribution >= 0.6 is 0 Å². The Kier molecular flexibility index (Phi) is 5.96. The van der Waals surface area contributed by atoms with Crippen LogP contribution < -0.4 is 16.6 Å². The number of nitrogens with two attached hydrogens (primary N) is 1. The molecule has 146 valence electrons. The fourth-order valence-electron chi connectivity index (χ4n) is 3.79. The molecule has 0 bridgehead atoms. The predicted octanol–water partition coefficient (Wildman–Crippen LogP) is 2.56. The van der Waals surface area contributed by atoms with E-state index in [0.29, 0.717) is 19.3 Å². The number of rotatable bonds is 5. The number of nitrogens with zero attached hydrogens (tertiary/aromatic N) is 1. The maximum Gasteiger partial charge on any atom is 0.248 e. The highest BCUT2D eigenvalue weighted by atomic mass is 16.2. The van der Waals surface area contributed by atoms with Gasteiger partial charge in [0.15, 0.2) is 0 Å². The van der Waals surface area contributed by atoms with Crippen molar-refractivity contribution in [1.29, 1.82) is 5.26 Å². The number of amides is 1. The summed E-state index contributed by atoms with van der Waals surface area (Å²) in [6.45, 7) is 1.86. The Balaban J connectivity index is 1.67. The Morgan fingerprint density at radius 3 is 2.50 bits per heavy atom. The number of nitriles is 1. The van der Waals surface area contributed by atoms with Gasteiger partial charge in [0, 0.05) is 23.7 Å². The predicted molar refractivity (Wildman–Crippen MR) is 108 cm³/mol. The summed E-state index contributed by atoms with van der Waals surface area (Å²) in [7, 11) is 0. The van der Waals surface area contributed by atoms with E-state index in [0.717, 1.165) is 41.6 Å². The summed E-state index contributed by atoms with van der Waals surface area (Å²) in [6.07, 6.45) is 4.77. The van der Waals surface area contributed by atoms with Gasteiger partial charge in [-0.3, -0.25) is 9.59 Å². The van der Waals surface area contributed by atoms with Gasteiger partial charge in [-0.05, 0) is 37.0 Å². The number of nitrogens with one attached hydrogen (secondary N) is 2. The minimum absolute atomic E-state index is 0.124. The molecule has 28 heavy (non-hydrogen) atoms. The maximum absolute atomic E-state index is 12.6. The molecule has 0 aliphatic heterocycles. The minimum atomic E-state index is -0.848. The first kappa shape index (κ1) is 19.8. The van der Waals surface area contributed by atoms with Crippen molar-refractivity contribution in [1.82, 2.24) is 10.3 Å². The molecule has 6 heteroatoms. The first-order valence-electron chi connectivity index (χ1n) is 9.70. The molecule has 3 rings (SSSR count). The summed E-state index contributed by atoms with van der Waals surface area (Å²) in [5, 5.41) is 12.3. The molecule has 6 nitrogen and oxygen atoms in total. The van der Waals surface area contributed by atoms with Crippen LogP contribution in [-0.2, 0) is 11.2 Å². The summed E-state index contributed by atoms with van der Waals surface area (Å²) in [4.78, 5) is 26.7. The third-order valence-electron chi connectivity index (χ3n) is 5.48. The quantitative estimate of drug-likeness (QED) is 0.742. The number of aryl methyl sites for hydroxylation is 1. The van der Waals surface area contributed by atoms with Crippen molar-refractivity contribution in [3.63, 3.8) is 0 Å². The Morgan fingerprint density at radius 2 is 1.89 bits per heavy atom. The molecule has 1 aromatic heterocycles. The lowest BCUT2D eigenvalue weighted by molar-refractivity contribution is -0.127. The largest absolute Gasteiger partial charge is 0.338 e. The highest BCUT2D eigenvalue weighted by Crippen LogP contribution is 2.26. The van der Waals surface area contributed by atoms with Crippen LogP contribution in [0.1, 0.15) is 43.4 Å². The highest BCUT2D eigenvalue weighted by Gasteiger charge is 2.36. The molecule has 0 spiro atoms. The van der Waals surface area contributed by atoms with E-state index in [9.17, 15) is 14.9 Å². The van der Waals surface area contributed by atoms with Crippen molar-refractivity contribution in [3.8, 4) is 17.2 Å². The van der Waals surface area contributed by atoms with Crippen molar-refractivity contribution in [2.24, 2.45) is 5.73 Å². The van der Waals surface area contributed by atoms with Crippen LogP contribution in [0.25, 0.3) is 11.1 Å². The summed E-state index contributed by atoms with van der Waals surface area (Å²) < 4.78 is 0. The fraction of sp³-hybridized carbons (Fsp3) is 0.409. The molecule has 1 saturated carbocycles. The van der Waals surface area contributed by atoms with Gasteiger partial charge in [0.1, 0.15) is 6.04 Å². The minimum Gasteiger partial charge on any atom is -0.338 e. The SMILES string of the molecule is Cc1[nH]c(=O)ccc1-c1ccc(CC(C#N)NC(=O)C2(N)CCCCC2)cc1. The lowest BCUT2D eigenvalue weighted by atomic mass is 9.81. The van der Waals surface area contributed by atoms with Gasteiger partial charge in [-0.15, -0.1) is 0 Å². The fourth-order valence-corrected chi connectivity index (χ4v) is 3.79. The van der Waals surface area contributed by atoms with Crippen LogP contribution in [0.4, 0.5) is 0 Å². The van der Waals surface area contributed by atoms with Crippen LogP contribution in [0.3, 0.4) is 0 Å². The summed E-state index contributed by atoms with van der Waals surface area (Å²) in [6, 6.07) is 12.7. The Hall–Kier alpha value is -2.91. The number of hydrogen-bond acceptors (Lipinski definition) is 4. The molecule has 1 aliphatic rings. The summed E-state index contributed by atoms with van der Waals surface area (Å²) >= 11 is 0. The molecule has 1 aliphatic carbocycles. The molecule has 0 radical (unpaired) electrons. The maximum atomic E-state index is 12.6. The third-order valence-corrected chi connectivity index (χ3v) is 5.48. The van der Waals surface area contributed by atoms with E-state index in [1.54, 1.807) is 6.07 Å². The van der Waals surface area contributed by atoms with Crippen molar-refractivity contribution in [2.75, 3.05) is 0 Å². The van der Waals surface area contributed by atoms with Gasteiger partial charge in [-0.2, -0.15) is 5.26 Å². The van der Waals surface area contributed by atoms with Crippen LogP contribution in [-0.4, -0.2) is 22.5 Å². The topological polar surface area (TPSA) is 112 Å². The molecule has 1 aromatic carbocycles. The number of pyridine rings is 1. The molecule has 1 heterocycles. The van der Waals surface area contributed by atoms with Gasteiger partial charge in [-0.25, -0.2) is 0 Å². The zero-order valence-corrected chi connectivity index (χ0v) is 16.1. The molecule has 4 N–H and O–H groups in total. The van der Waals surface area contributed by atoms with E-state index in [4.69, 9.17) is 5.73 Å². The van der Waals surface area contributed by atoms with Crippen LogP contribution in [0.2, 0.25) is 0 Å². The van der Waals surface area contributed by atoms with Crippen LogP contribution in [0, 0.1) is 18.3 Å². The van der Waals surface area contributed by atoms with Gasteiger partial charge in [0.2, 0.25) is 11.5 Å². The lowest BCUT2D eigenvalue weighted by Crippen LogP contribution is -2.57. The molecule has 1 amide bonds. The number of carbonyl (C=O) groups excluding carboxylic acids is 1. The van der Waals surface area contributed by atoms with Crippen molar-refractivity contribution in [3.05, 3.63) is 58.0 Å². The van der Waals surface area contributed by atoms with E-state index in [2.05, 4.69) is 16.4 Å². The second-order valence-electron chi connectivity index (χ2n) is 7.63. The average Bonchev–Trinajstić information content (AvgIpc) is 2.69. The van der Waals surface area contributed by atoms with Gasteiger partial charge >= 0.3 is 0 Å². The van der Waals surface area contributed by atoms with Gasteiger partial charge in [0.05, 0.1) is 11.6 Å². The number of aromatic amines is 1. The standard InChI is InChI=1S/C22H26N4O2/c1-15-19(9-10-20(27)25-15)17-7-5-16(6-8-17)13-18(14-23)26-21(28)22(24)11-3-2-4-12-22/h5-10,18H,2-4,11-13,24H2,1H3,(H,25,27)(H,26,28). The second-order valence-corrected chi connectivity index (χ2v) is 7.63.